The molecule has 0 fully saturated rings. The summed E-state index contributed by atoms with van der Waals surface area (Å²) in [6, 6.07) is 18.8. The van der Waals surface area contributed by atoms with E-state index in [9.17, 15) is 10.2 Å². The fourth-order valence-corrected chi connectivity index (χ4v) is 2.19. The maximum atomic E-state index is 10.4. The highest BCUT2D eigenvalue weighted by atomic mass is 16.3. The zero-order valence-corrected chi connectivity index (χ0v) is 10.7. The Morgan fingerprint density at radius 2 is 1.26 bits per heavy atom. The predicted octanol–water partition coefficient (Wildman–Crippen LogP) is 3.05. The largest absolute Gasteiger partial charge is 0.389 e. The zero-order valence-electron chi connectivity index (χ0n) is 10.7. The van der Waals surface area contributed by atoms with Crippen LogP contribution < -0.4 is 0 Å². The van der Waals surface area contributed by atoms with Crippen LogP contribution in [0.25, 0.3) is 0 Å². The van der Waals surface area contributed by atoms with Gasteiger partial charge in [0.25, 0.3) is 0 Å². The Hall–Kier alpha value is -1.90. The molecule has 0 unspecified atom stereocenters. The third-order valence-corrected chi connectivity index (χ3v) is 3.27. The van der Waals surface area contributed by atoms with Crippen LogP contribution in [0.1, 0.15) is 23.1 Å². The topological polar surface area (TPSA) is 40.5 Å². The summed E-state index contributed by atoms with van der Waals surface area (Å²) < 4.78 is 0. The van der Waals surface area contributed by atoms with Crippen molar-refractivity contribution in [3.8, 4) is 0 Å². The second kappa shape index (κ2) is 6.32. The van der Waals surface area contributed by atoms with Gasteiger partial charge in [-0.05, 0) is 11.1 Å². The van der Waals surface area contributed by atoms with E-state index in [1.807, 2.05) is 48.5 Å². The van der Waals surface area contributed by atoms with Gasteiger partial charge in [-0.15, -0.1) is 6.58 Å². The Bertz CT molecular complexity index is 507. The standard InChI is InChI=1S/C17H18O2/c1-2-15(13-9-5-3-6-10-13)17(19)16(18)14-11-7-4-8-12-14/h2-12,15-19H,1H2/t15-,16-,17+/m1/s1. The second-order valence-electron chi connectivity index (χ2n) is 4.52. The molecular formula is C17H18O2. The van der Waals surface area contributed by atoms with Gasteiger partial charge < -0.3 is 10.2 Å². The first-order valence-corrected chi connectivity index (χ1v) is 6.32. The van der Waals surface area contributed by atoms with Crippen molar-refractivity contribution in [1.82, 2.24) is 0 Å². The Balaban J connectivity index is 2.22. The van der Waals surface area contributed by atoms with Crippen LogP contribution in [0.4, 0.5) is 0 Å². The van der Waals surface area contributed by atoms with E-state index in [1.54, 1.807) is 18.2 Å². The fraction of sp³-hybridized carbons (Fsp3) is 0.176. The van der Waals surface area contributed by atoms with Gasteiger partial charge in [-0.3, -0.25) is 0 Å². The summed E-state index contributed by atoms with van der Waals surface area (Å²) in [4.78, 5) is 0. The first kappa shape index (κ1) is 13.5. The van der Waals surface area contributed by atoms with E-state index >= 15 is 0 Å². The lowest BCUT2D eigenvalue weighted by Crippen LogP contribution is -2.25. The predicted molar refractivity (Wildman–Crippen MR) is 76.8 cm³/mol. The lowest BCUT2D eigenvalue weighted by Gasteiger charge is -2.25. The van der Waals surface area contributed by atoms with Crippen LogP contribution in [-0.2, 0) is 0 Å². The third kappa shape index (κ3) is 3.11. The number of aliphatic hydroxyl groups is 2. The van der Waals surface area contributed by atoms with Crippen LogP contribution in [0.3, 0.4) is 0 Å². The maximum Gasteiger partial charge on any atom is 0.106 e. The Labute approximate surface area is 113 Å². The molecule has 2 N–H and O–H groups in total. The van der Waals surface area contributed by atoms with Crippen molar-refractivity contribution in [2.24, 2.45) is 0 Å². The highest BCUT2D eigenvalue weighted by molar-refractivity contribution is 5.27. The normalized spacial score (nSPS) is 15.5. The van der Waals surface area contributed by atoms with E-state index in [0.717, 1.165) is 5.56 Å². The van der Waals surface area contributed by atoms with Crippen LogP contribution in [-0.4, -0.2) is 16.3 Å². The summed E-state index contributed by atoms with van der Waals surface area (Å²) in [5.74, 6) is -0.295. The monoisotopic (exact) mass is 254 g/mol. The van der Waals surface area contributed by atoms with Gasteiger partial charge in [0.2, 0.25) is 0 Å². The van der Waals surface area contributed by atoms with E-state index in [1.165, 1.54) is 0 Å². The van der Waals surface area contributed by atoms with E-state index in [-0.39, 0.29) is 5.92 Å². The molecule has 2 heteroatoms. The lowest BCUT2D eigenvalue weighted by atomic mass is 9.88. The first-order valence-electron chi connectivity index (χ1n) is 6.32. The minimum absolute atomic E-state index is 0.295. The minimum Gasteiger partial charge on any atom is -0.389 e. The molecular weight excluding hydrogens is 236 g/mol. The quantitative estimate of drug-likeness (QED) is 0.805. The van der Waals surface area contributed by atoms with E-state index in [0.29, 0.717) is 5.56 Å². The number of aliphatic hydroxyl groups excluding tert-OH is 2. The molecule has 2 aromatic rings. The Morgan fingerprint density at radius 3 is 1.74 bits per heavy atom. The number of rotatable bonds is 5. The molecule has 0 aliphatic carbocycles. The van der Waals surface area contributed by atoms with Crippen LogP contribution in [0.2, 0.25) is 0 Å². The Kier molecular flexibility index (Phi) is 4.50. The molecule has 0 spiro atoms. The molecule has 0 saturated carbocycles. The van der Waals surface area contributed by atoms with Crippen molar-refractivity contribution in [1.29, 1.82) is 0 Å². The van der Waals surface area contributed by atoms with Crippen LogP contribution in [0.15, 0.2) is 73.3 Å². The Morgan fingerprint density at radius 1 is 0.789 bits per heavy atom. The third-order valence-electron chi connectivity index (χ3n) is 3.27. The number of hydrogen-bond donors (Lipinski definition) is 2. The highest BCUT2D eigenvalue weighted by Crippen LogP contribution is 2.29. The van der Waals surface area contributed by atoms with Crippen molar-refractivity contribution >= 4 is 0 Å². The summed E-state index contributed by atoms with van der Waals surface area (Å²) in [7, 11) is 0. The van der Waals surface area contributed by atoms with Crippen molar-refractivity contribution in [2.75, 3.05) is 0 Å². The molecule has 0 heterocycles. The smallest absolute Gasteiger partial charge is 0.106 e. The molecule has 0 bridgehead atoms. The lowest BCUT2D eigenvalue weighted by molar-refractivity contribution is 0.00997. The van der Waals surface area contributed by atoms with Crippen LogP contribution in [0.5, 0.6) is 0 Å². The van der Waals surface area contributed by atoms with Gasteiger partial charge in [0, 0.05) is 5.92 Å². The fourth-order valence-electron chi connectivity index (χ4n) is 2.19. The molecule has 2 rings (SSSR count). The van der Waals surface area contributed by atoms with E-state index in [2.05, 4.69) is 6.58 Å². The van der Waals surface area contributed by atoms with E-state index in [4.69, 9.17) is 0 Å². The maximum absolute atomic E-state index is 10.4. The van der Waals surface area contributed by atoms with E-state index < -0.39 is 12.2 Å². The summed E-state index contributed by atoms with van der Waals surface area (Å²) >= 11 is 0. The second-order valence-corrected chi connectivity index (χ2v) is 4.52. The van der Waals surface area contributed by atoms with Gasteiger partial charge in [0.15, 0.2) is 0 Å². The summed E-state index contributed by atoms with van der Waals surface area (Å²) in [5, 5.41) is 20.6. The van der Waals surface area contributed by atoms with Gasteiger partial charge in [-0.2, -0.15) is 0 Å². The first-order chi connectivity index (χ1) is 9.24. The molecule has 2 aromatic carbocycles. The van der Waals surface area contributed by atoms with Crippen molar-refractivity contribution in [3.05, 3.63) is 84.4 Å². The zero-order chi connectivity index (χ0) is 13.7. The average molecular weight is 254 g/mol. The van der Waals surface area contributed by atoms with Gasteiger partial charge in [-0.1, -0.05) is 66.7 Å². The summed E-state index contributed by atoms with van der Waals surface area (Å²) in [6.07, 6.45) is -0.168. The van der Waals surface area contributed by atoms with Gasteiger partial charge in [0.1, 0.15) is 6.10 Å². The molecule has 0 saturated heterocycles. The van der Waals surface area contributed by atoms with Crippen LogP contribution >= 0.6 is 0 Å². The van der Waals surface area contributed by atoms with Crippen molar-refractivity contribution < 1.29 is 10.2 Å². The molecule has 2 nitrogen and oxygen atoms in total. The van der Waals surface area contributed by atoms with Gasteiger partial charge in [0.05, 0.1) is 6.10 Å². The van der Waals surface area contributed by atoms with Crippen molar-refractivity contribution in [3.63, 3.8) is 0 Å². The SMILES string of the molecule is C=C[C@H](c1ccccc1)[C@H](O)[C@H](O)c1ccccc1. The highest BCUT2D eigenvalue weighted by Gasteiger charge is 2.26. The number of hydrogen-bond acceptors (Lipinski definition) is 2. The molecule has 0 aromatic heterocycles. The molecule has 0 aliphatic heterocycles. The van der Waals surface area contributed by atoms with Gasteiger partial charge in [-0.25, -0.2) is 0 Å². The van der Waals surface area contributed by atoms with Gasteiger partial charge >= 0.3 is 0 Å². The number of benzene rings is 2. The molecule has 0 radical (unpaired) electrons. The molecule has 98 valence electrons. The summed E-state index contributed by atoms with van der Waals surface area (Å²) in [6.45, 7) is 3.76. The minimum atomic E-state index is -0.926. The molecule has 0 aliphatic rings. The average Bonchev–Trinajstić information content (AvgIpc) is 2.49. The molecule has 3 atom stereocenters. The van der Waals surface area contributed by atoms with Crippen LogP contribution in [0, 0.1) is 0 Å². The summed E-state index contributed by atoms with van der Waals surface area (Å²) in [5.41, 5.74) is 1.65. The molecule has 0 amide bonds. The molecule has 19 heavy (non-hydrogen) atoms. The van der Waals surface area contributed by atoms with Crippen molar-refractivity contribution in [2.45, 2.75) is 18.1 Å².